The van der Waals surface area contributed by atoms with Gasteiger partial charge in [-0.05, 0) is 46.6 Å². The highest BCUT2D eigenvalue weighted by Gasteiger charge is 1.97. The fourth-order valence-electron chi connectivity index (χ4n) is 1.47. The zero-order chi connectivity index (χ0) is 11.4. The third-order valence-corrected chi connectivity index (χ3v) is 2.86. The van der Waals surface area contributed by atoms with E-state index >= 15 is 0 Å². The maximum absolute atomic E-state index is 4.31. The molecular weight excluding hydrogens is 264 g/mol. The van der Waals surface area contributed by atoms with Gasteiger partial charge in [-0.15, -0.1) is 0 Å². The van der Waals surface area contributed by atoms with Crippen molar-refractivity contribution in [1.29, 1.82) is 0 Å². The van der Waals surface area contributed by atoms with Gasteiger partial charge in [0.1, 0.15) is 0 Å². The number of nitrogens with one attached hydrogen (secondary N) is 1. The summed E-state index contributed by atoms with van der Waals surface area (Å²) >= 11 is 3.37. The summed E-state index contributed by atoms with van der Waals surface area (Å²) < 4.78 is 1.01. The van der Waals surface area contributed by atoms with E-state index < -0.39 is 0 Å². The third kappa shape index (κ3) is 2.83. The SMILES string of the molecule is Cc1ccccc1NCc1ccc(Br)cn1. The first-order valence-corrected chi connectivity index (χ1v) is 5.95. The molecule has 0 fully saturated rings. The van der Waals surface area contributed by atoms with Crippen LogP contribution in [0.2, 0.25) is 0 Å². The Hall–Kier alpha value is -1.35. The smallest absolute Gasteiger partial charge is 0.0595 e. The Morgan fingerprint density at radius 2 is 2.00 bits per heavy atom. The maximum atomic E-state index is 4.31. The van der Waals surface area contributed by atoms with Crippen molar-refractivity contribution in [3.8, 4) is 0 Å². The van der Waals surface area contributed by atoms with Crippen molar-refractivity contribution in [1.82, 2.24) is 4.98 Å². The molecule has 0 aliphatic carbocycles. The summed E-state index contributed by atoms with van der Waals surface area (Å²) in [7, 11) is 0. The number of aryl methyl sites for hydroxylation is 1. The average molecular weight is 277 g/mol. The Labute approximate surface area is 104 Å². The molecule has 2 nitrogen and oxygen atoms in total. The van der Waals surface area contributed by atoms with Gasteiger partial charge in [-0.25, -0.2) is 0 Å². The molecule has 0 aliphatic heterocycles. The van der Waals surface area contributed by atoms with E-state index in [1.807, 2.05) is 30.5 Å². The second kappa shape index (κ2) is 5.12. The molecule has 2 aromatic rings. The van der Waals surface area contributed by atoms with Crippen LogP contribution in [0.25, 0.3) is 0 Å². The molecule has 16 heavy (non-hydrogen) atoms. The van der Waals surface area contributed by atoms with Crippen molar-refractivity contribution in [2.24, 2.45) is 0 Å². The molecule has 0 bridgehead atoms. The van der Waals surface area contributed by atoms with Crippen LogP contribution in [0.1, 0.15) is 11.3 Å². The van der Waals surface area contributed by atoms with Gasteiger partial charge in [-0.1, -0.05) is 18.2 Å². The molecule has 0 unspecified atom stereocenters. The number of halogens is 1. The van der Waals surface area contributed by atoms with E-state index in [0.29, 0.717) is 0 Å². The topological polar surface area (TPSA) is 24.9 Å². The number of nitrogens with zero attached hydrogens (tertiary/aromatic N) is 1. The molecule has 0 amide bonds. The minimum atomic E-state index is 0.748. The summed E-state index contributed by atoms with van der Waals surface area (Å²) in [6.45, 7) is 2.84. The van der Waals surface area contributed by atoms with Gasteiger partial charge in [-0.2, -0.15) is 0 Å². The Bertz CT molecular complexity index is 466. The van der Waals surface area contributed by atoms with Crippen molar-refractivity contribution in [2.75, 3.05) is 5.32 Å². The lowest BCUT2D eigenvalue weighted by molar-refractivity contribution is 1.04. The van der Waals surface area contributed by atoms with Gasteiger partial charge in [0.2, 0.25) is 0 Å². The van der Waals surface area contributed by atoms with Crippen LogP contribution in [0.5, 0.6) is 0 Å². The summed E-state index contributed by atoms with van der Waals surface area (Å²) in [6, 6.07) is 12.3. The number of anilines is 1. The van der Waals surface area contributed by atoms with Gasteiger partial charge in [0.25, 0.3) is 0 Å². The van der Waals surface area contributed by atoms with E-state index in [0.717, 1.165) is 22.4 Å². The number of aromatic nitrogens is 1. The summed E-state index contributed by atoms with van der Waals surface area (Å²) in [6.07, 6.45) is 1.81. The van der Waals surface area contributed by atoms with Crippen LogP contribution in [-0.2, 0) is 6.54 Å². The lowest BCUT2D eigenvalue weighted by atomic mass is 10.2. The molecule has 2 rings (SSSR count). The van der Waals surface area contributed by atoms with Crippen LogP contribution < -0.4 is 5.32 Å². The normalized spacial score (nSPS) is 10.1. The first-order chi connectivity index (χ1) is 7.75. The maximum Gasteiger partial charge on any atom is 0.0595 e. The molecule has 1 aromatic heterocycles. The first-order valence-electron chi connectivity index (χ1n) is 5.15. The summed E-state index contributed by atoms with van der Waals surface area (Å²) in [5.41, 5.74) is 3.44. The Balaban J connectivity index is 2.02. The molecule has 1 heterocycles. The molecule has 3 heteroatoms. The average Bonchev–Trinajstić information content (AvgIpc) is 2.30. The van der Waals surface area contributed by atoms with Crippen molar-refractivity contribution < 1.29 is 0 Å². The molecule has 0 saturated heterocycles. The lowest BCUT2D eigenvalue weighted by Gasteiger charge is -2.08. The van der Waals surface area contributed by atoms with Gasteiger partial charge < -0.3 is 5.32 Å². The van der Waals surface area contributed by atoms with Crippen LogP contribution in [-0.4, -0.2) is 4.98 Å². The quantitative estimate of drug-likeness (QED) is 0.923. The largest absolute Gasteiger partial charge is 0.379 e. The number of para-hydroxylation sites is 1. The van der Waals surface area contributed by atoms with Crippen LogP contribution in [0.15, 0.2) is 47.1 Å². The van der Waals surface area contributed by atoms with Crippen LogP contribution in [0.4, 0.5) is 5.69 Å². The summed E-state index contributed by atoms with van der Waals surface area (Å²) in [5, 5.41) is 3.37. The Morgan fingerprint density at radius 3 is 2.69 bits per heavy atom. The number of rotatable bonds is 3. The lowest BCUT2D eigenvalue weighted by Crippen LogP contribution is -2.02. The number of benzene rings is 1. The molecule has 0 spiro atoms. The van der Waals surface area contributed by atoms with E-state index in [1.54, 1.807) is 0 Å². The molecule has 1 N–H and O–H groups in total. The van der Waals surface area contributed by atoms with Gasteiger partial charge in [0, 0.05) is 16.4 Å². The highest BCUT2D eigenvalue weighted by molar-refractivity contribution is 9.10. The van der Waals surface area contributed by atoms with Gasteiger partial charge >= 0.3 is 0 Å². The third-order valence-electron chi connectivity index (χ3n) is 2.39. The second-order valence-corrected chi connectivity index (χ2v) is 4.55. The zero-order valence-corrected chi connectivity index (χ0v) is 10.7. The van der Waals surface area contributed by atoms with Gasteiger partial charge in [0.05, 0.1) is 12.2 Å². The van der Waals surface area contributed by atoms with Crippen molar-refractivity contribution in [3.63, 3.8) is 0 Å². The van der Waals surface area contributed by atoms with E-state index in [1.165, 1.54) is 5.56 Å². The van der Waals surface area contributed by atoms with Crippen molar-refractivity contribution >= 4 is 21.6 Å². The van der Waals surface area contributed by atoms with E-state index in [4.69, 9.17) is 0 Å². The van der Waals surface area contributed by atoms with Crippen molar-refractivity contribution in [3.05, 3.63) is 58.3 Å². The molecular formula is C13H13BrN2. The second-order valence-electron chi connectivity index (χ2n) is 3.64. The van der Waals surface area contributed by atoms with Crippen LogP contribution in [0, 0.1) is 6.92 Å². The molecule has 1 aromatic carbocycles. The summed E-state index contributed by atoms with van der Waals surface area (Å²) in [5.74, 6) is 0. The van der Waals surface area contributed by atoms with E-state index in [-0.39, 0.29) is 0 Å². The molecule has 82 valence electrons. The number of pyridine rings is 1. The van der Waals surface area contributed by atoms with Crippen LogP contribution >= 0.6 is 15.9 Å². The number of hydrogen-bond donors (Lipinski definition) is 1. The standard InChI is InChI=1S/C13H13BrN2/c1-10-4-2-3-5-13(10)16-9-12-7-6-11(14)8-15-12/h2-8,16H,9H2,1H3. The van der Waals surface area contributed by atoms with Crippen LogP contribution in [0.3, 0.4) is 0 Å². The van der Waals surface area contributed by atoms with Gasteiger partial charge in [-0.3, -0.25) is 4.98 Å². The fraction of sp³-hybridized carbons (Fsp3) is 0.154. The highest BCUT2D eigenvalue weighted by Crippen LogP contribution is 2.14. The number of hydrogen-bond acceptors (Lipinski definition) is 2. The molecule has 0 radical (unpaired) electrons. The first kappa shape index (κ1) is 11.1. The van der Waals surface area contributed by atoms with Crippen molar-refractivity contribution in [2.45, 2.75) is 13.5 Å². The molecule has 0 aliphatic rings. The zero-order valence-electron chi connectivity index (χ0n) is 9.07. The summed E-state index contributed by atoms with van der Waals surface area (Å²) in [4.78, 5) is 4.31. The van der Waals surface area contributed by atoms with E-state index in [9.17, 15) is 0 Å². The Kier molecular flexibility index (Phi) is 3.57. The van der Waals surface area contributed by atoms with Gasteiger partial charge in [0.15, 0.2) is 0 Å². The molecule has 0 atom stereocenters. The highest BCUT2D eigenvalue weighted by atomic mass is 79.9. The monoisotopic (exact) mass is 276 g/mol. The Morgan fingerprint density at radius 1 is 1.19 bits per heavy atom. The predicted octanol–water partition coefficient (Wildman–Crippen LogP) is 3.76. The fourth-order valence-corrected chi connectivity index (χ4v) is 1.70. The molecule has 0 saturated carbocycles. The van der Waals surface area contributed by atoms with E-state index in [2.05, 4.69) is 45.3 Å². The predicted molar refractivity (Wildman–Crippen MR) is 70.4 cm³/mol. The minimum Gasteiger partial charge on any atom is -0.379 e. The minimum absolute atomic E-state index is 0.748.